The number of halogens is 3. The van der Waals surface area contributed by atoms with E-state index in [2.05, 4.69) is 42.1 Å². The second kappa shape index (κ2) is 7.02. The summed E-state index contributed by atoms with van der Waals surface area (Å²) in [7, 11) is 0. The van der Waals surface area contributed by atoms with Crippen molar-refractivity contribution in [2.24, 2.45) is 0 Å². The highest BCUT2D eigenvalue weighted by Gasteiger charge is 2.25. The van der Waals surface area contributed by atoms with E-state index in [0.29, 0.717) is 10.9 Å². The molecule has 0 spiro atoms. The fourth-order valence-corrected chi connectivity index (χ4v) is 3.73. The van der Waals surface area contributed by atoms with Crippen molar-refractivity contribution in [1.29, 1.82) is 0 Å². The third-order valence-corrected chi connectivity index (χ3v) is 4.45. The maximum absolute atomic E-state index is 12.9. The Morgan fingerprint density at radius 3 is 2.63 bits per heavy atom. The molecule has 19 heavy (non-hydrogen) atoms. The standard InChI is InChI=1S/C13H17Br2FN2O/c14-9-7-10(13(19)11(15)8-9)12(1-2-16)18-5-3-17-4-6-18/h7-8,12,17,19H,1-6H2/t12-/m1/s1. The van der Waals surface area contributed by atoms with Gasteiger partial charge in [0.2, 0.25) is 0 Å². The summed E-state index contributed by atoms with van der Waals surface area (Å²) in [4.78, 5) is 2.23. The molecule has 6 heteroatoms. The molecule has 1 aliphatic rings. The normalized spacial score (nSPS) is 18.5. The van der Waals surface area contributed by atoms with Gasteiger partial charge in [0.25, 0.3) is 0 Å². The number of rotatable bonds is 4. The summed E-state index contributed by atoms with van der Waals surface area (Å²) in [5, 5.41) is 13.5. The Bertz CT molecular complexity index is 439. The van der Waals surface area contributed by atoms with Crippen LogP contribution in [-0.2, 0) is 0 Å². The number of phenols is 1. The highest BCUT2D eigenvalue weighted by Crippen LogP contribution is 2.38. The smallest absolute Gasteiger partial charge is 0.134 e. The van der Waals surface area contributed by atoms with E-state index in [1.807, 2.05) is 6.07 Å². The van der Waals surface area contributed by atoms with E-state index in [-0.39, 0.29) is 11.8 Å². The van der Waals surface area contributed by atoms with Crippen molar-refractivity contribution in [3.05, 3.63) is 26.6 Å². The van der Waals surface area contributed by atoms with Crippen LogP contribution in [0.15, 0.2) is 21.1 Å². The molecule has 0 aromatic heterocycles. The van der Waals surface area contributed by atoms with Crippen LogP contribution in [0.3, 0.4) is 0 Å². The number of piperazine rings is 1. The molecule has 0 amide bonds. The number of aromatic hydroxyl groups is 1. The van der Waals surface area contributed by atoms with Crippen molar-refractivity contribution < 1.29 is 9.50 Å². The van der Waals surface area contributed by atoms with Crippen LogP contribution in [0.2, 0.25) is 0 Å². The van der Waals surface area contributed by atoms with Gasteiger partial charge < -0.3 is 10.4 Å². The molecule has 106 valence electrons. The van der Waals surface area contributed by atoms with Crippen molar-refractivity contribution in [1.82, 2.24) is 10.2 Å². The quantitative estimate of drug-likeness (QED) is 0.821. The molecule has 3 nitrogen and oxygen atoms in total. The van der Waals surface area contributed by atoms with E-state index in [1.54, 1.807) is 6.07 Å². The molecule has 0 bridgehead atoms. The second-order valence-corrected chi connectivity index (χ2v) is 6.37. The van der Waals surface area contributed by atoms with Crippen LogP contribution in [0.25, 0.3) is 0 Å². The molecule has 1 aromatic rings. The van der Waals surface area contributed by atoms with Gasteiger partial charge in [-0.15, -0.1) is 0 Å². The molecular formula is C13H17Br2FN2O. The maximum Gasteiger partial charge on any atom is 0.134 e. The topological polar surface area (TPSA) is 35.5 Å². The van der Waals surface area contributed by atoms with Gasteiger partial charge in [0.1, 0.15) is 5.75 Å². The Hall–Kier alpha value is -0.170. The van der Waals surface area contributed by atoms with Crippen LogP contribution in [0.5, 0.6) is 5.75 Å². The second-order valence-electron chi connectivity index (χ2n) is 4.60. The Morgan fingerprint density at radius 1 is 1.32 bits per heavy atom. The van der Waals surface area contributed by atoms with E-state index >= 15 is 0 Å². The molecule has 2 N–H and O–H groups in total. The number of benzene rings is 1. The number of hydrogen-bond acceptors (Lipinski definition) is 3. The number of nitrogens with one attached hydrogen (secondary N) is 1. The highest BCUT2D eigenvalue weighted by atomic mass is 79.9. The predicted octanol–water partition coefficient (Wildman–Crippen LogP) is 3.22. The number of phenolic OH excluding ortho intramolecular Hbond substituents is 1. The molecule has 2 rings (SSSR count). The molecule has 0 unspecified atom stereocenters. The SMILES string of the molecule is Oc1c(Br)cc(Br)cc1[C@@H](CCF)N1CCNCC1. The summed E-state index contributed by atoms with van der Waals surface area (Å²) >= 11 is 6.76. The van der Waals surface area contributed by atoms with Gasteiger partial charge in [-0.25, -0.2) is 0 Å². The van der Waals surface area contributed by atoms with Gasteiger partial charge in [-0.3, -0.25) is 9.29 Å². The van der Waals surface area contributed by atoms with Crippen molar-refractivity contribution in [2.45, 2.75) is 12.5 Å². The molecular weight excluding hydrogens is 379 g/mol. The maximum atomic E-state index is 12.9. The van der Waals surface area contributed by atoms with Gasteiger partial charge in [-0.2, -0.15) is 0 Å². The summed E-state index contributed by atoms with van der Waals surface area (Å²) in [5.74, 6) is 0.209. The first kappa shape index (κ1) is 15.2. The first-order valence-electron chi connectivity index (χ1n) is 6.32. The zero-order chi connectivity index (χ0) is 13.8. The van der Waals surface area contributed by atoms with E-state index in [9.17, 15) is 9.50 Å². The van der Waals surface area contributed by atoms with Gasteiger partial charge in [0, 0.05) is 42.3 Å². The van der Waals surface area contributed by atoms with E-state index in [0.717, 1.165) is 36.2 Å². The number of hydrogen-bond donors (Lipinski definition) is 2. The van der Waals surface area contributed by atoms with Gasteiger partial charge in [0.05, 0.1) is 11.1 Å². The number of nitrogens with zero attached hydrogens (tertiary/aromatic N) is 1. The molecule has 1 saturated heterocycles. The molecule has 0 saturated carbocycles. The van der Waals surface area contributed by atoms with Gasteiger partial charge >= 0.3 is 0 Å². The van der Waals surface area contributed by atoms with Crippen LogP contribution < -0.4 is 5.32 Å². The minimum Gasteiger partial charge on any atom is -0.506 e. The van der Waals surface area contributed by atoms with Crippen LogP contribution in [0.1, 0.15) is 18.0 Å². The van der Waals surface area contributed by atoms with Crippen molar-refractivity contribution in [3.8, 4) is 5.75 Å². The van der Waals surface area contributed by atoms with Gasteiger partial charge in [0.15, 0.2) is 0 Å². The zero-order valence-electron chi connectivity index (χ0n) is 10.5. The summed E-state index contributed by atoms with van der Waals surface area (Å²) in [6.07, 6.45) is 0.399. The number of alkyl halides is 1. The average molecular weight is 396 g/mol. The Morgan fingerprint density at radius 2 is 2.00 bits per heavy atom. The molecule has 1 heterocycles. The van der Waals surface area contributed by atoms with Gasteiger partial charge in [-0.1, -0.05) is 15.9 Å². The van der Waals surface area contributed by atoms with Crippen LogP contribution in [0, 0.1) is 0 Å². The summed E-state index contributed by atoms with van der Waals surface area (Å²) in [6, 6.07) is 3.59. The molecule has 0 radical (unpaired) electrons. The van der Waals surface area contributed by atoms with E-state index in [4.69, 9.17) is 0 Å². The Balaban J connectivity index is 2.32. The van der Waals surface area contributed by atoms with Crippen molar-refractivity contribution in [2.75, 3.05) is 32.9 Å². The van der Waals surface area contributed by atoms with E-state index < -0.39 is 6.67 Å². The first-order valence-corrected chi connectivity index (χ1v) is 7.90. The summed E-state index contributed by atoms with van der Waals surface area (Å²) in [5.41, 5.74) is 0.779. The Kier molecular flexibility index (Phi) is 5.62. The van der Waals surface area contributed by atoms with Crippen molar-refractivity contribution >= 4 is 31.9 Å². The summed E-state index contributed by atoms with van der Waals surface area (Å²) in [6.45, 7) is 3.15. The Labute approximate surface area is 129 Å². The fourth-order valence-electron chi connectivity index (χ4n) is 2.47. The monoisotopic (exact) mass is 394 g/mol. The van der Waals surface area contributed by atoms with Crippen LogP contribution in [-0.4, -0.2) is 42.9 Å². The minimum atomic E-state index is -0.391. The lowest BCUT2D eigenvalue weighted by Crippen LogP contribution is -2.45. The molecule has 1 fully saturated rings. The molecule has 1 aliphatic heterocycles. The van der Waals surface area contributed by atoms with E-state index in [1.165, 1.54) is 0 Å². The minimum absolute atomic E-state index is 0.0825. The lowest BCUT2D eigenvalue weighted by atomic mass is 10.0. The lowest BCUT2D eigenvalue weighted by Gasteiger charge is -2.35. The molecule has 0 aliphatic carbocycles. The third-order valence-electron chi connectivity index (χ3n) is 3.39. The largest absolute Gasteiger partial charge is 0.506 e. The summed E-state index contributed by atoms with van der Waals surface area (Å²) < 4.78 is 14.4. The van der Waals surface area contributed by atoms with Crippen LogP contribution in [0.4, 0.5) is 4.39 Å². The van der Waals surface area contributed by atoms with Gasteiger partial charge in [-0.05, 0) is 34.5 Å². The zero-order valence-corrected chi connectivity index (χ0v) is 13.7. The first-order chi connectivity index (χ1) is 9.13. The molecule has 1 atom stereocenters. The van der Waals surface area contributed by atoms with Crippen LogP contribution >= 0.6 is 31.9 Å². The molecule has 1 aromatic carbocycles. The fraction of sp³-hybridized carbons (Fsp3) is 0.538. The lowest BCUT2D eigenvalue weighted by molar-refractivity contribution is 0.155. The highest BCUT2D eigenvalue weighted by molar-refractivity contribution is 9.11. The average Bonchev–Trinajstić information content (AvgIpc) is 2.41. The predicted molar refractivity (Wildman–Crippen MR) is 81.3 cm³/mol. The third kappa shape index (κ3) is 3.68. The van der Waals surface area contributed by atoms with Crippen molar-refractivity contribution in [3.63, 3.8) is 0 Å².